The van der Waals surface area contributed by atoms with Gasteiger partial charge in [-0.3, -0.25) is 4.79 Å². The summed E-state index contributed by atoms with van der Waals surface area (Å²) in [6, 6.07) is 14.1. The van der Waals surface area contributed by atoms with Crippen molar-refractivity contribution in [2.75, 3.05) is 13.1 Å². The molecule has 0 radical (unpaired) electrons. The lowest BCUT2D eigenvalue weighted by Gasteiger charge is -2.42. The molecule has 0 spiro atoms. The van der Waals surface area contributed by atoms with E-state index in [4.69, 9.17) is 10.2 Å². The average Bonchev–Trinajstić information content (AvgIpc) is 3.05. The van der Waals surface area contributed by atoms with Gasteiger partial charge in [0, 0.05) is 37.5 Å². The molecule has 1 fully saturated rings. The van der Waals surface area contributed by atoms with E-state index in [1.807, 2.05) is 47.4 Å². The molecule has 1 aromatic carbocycles. The van der Waals surface area contributed by atoms with E-state index in [0.29, 0.717) is 12.8 Å². The number of furan rings is 1. The van der Waals surface area contributed by atoms with Crippen LogP contribution in [0, 0.1) is 5.41 Å². The summed E-state index contributed by atoms with van der Waals surface area (Å²) in [5.74, 6) is 1.89. The molecule has 4 nitrogen and oxygen atoms in total. The van der Waals surface area contributed by atoms with E-state index in [1.165, 1.54) is 0 Å². The first-order chi connectivity index (χ1) is 11.5. The summed E-state index contributed by atoms with van der Waals surface area (Å²) in [7, 11) is 0. The molecule has 0 aliphatic carbocycles. The third-order valence-electron chi connectivity index (χ3n) is 4.97. The van der Waals surface area contributed by atoms with Crippen molar-refractivity contribution in [3.63, 3.8) is 0 Å². The predicted molar refractivity (Wildman–Crippen MR) is 95.4 cm³/mol. The number of carbonyl (C=O) groups is 1. The van der Waals surface area contributed by atoms with Crippen molar-refractivity contribution in [1.29, 1.82) is 0 Å². The summed E-state index contributed by atoms with van der Waals surface area (Å²) in [5, 5.41) is 0. The van der Waals surface area contributed by atoms with Crippen LogP contribution >= 0.6 is 0 Å². The zero-order valence-electron chi connectivity index (χ0n) is 14.5. The van der Waals surface area contributed by atoms with Crippen LogP contribution in [0.4, 0.5) is 0 Å². The summed E-state index contributed by atoms with van der Waals surface area (Å²) >= 11 is 0. The molecule has 3 rings (SSSR count). The van der Waals surface area contributed by atoms with E-state index in [1.54, 1.807) is 0 Å². The highest BCUT2D eigenvalue weighted by Gasteiger charge is 2.35. The molecular weight excluding hydrogens is 300 g/mol. The first kappa shape index (κ1) is 16.8. The smallest absolute Gasteiger partial charge is 0.223 e. The van der Waals surface area contributed by atoms with Gasteiger partial charge >= 0.3 is 0 Å². The molecule has 2 aromatic rings. The van der Waals surface area contributed by atoms with Crippen molar-refractivity contribution in [1.82, 2.24) is 4.90 Å². The summed E-state index contributed by atoms with van der Waals surface area (Å²) in [5.41, 5.74) is 7.19. The normalized spacial score (nSPS) is 20.1. The van der Waals surface area contributed by atoms with Gasteiger partial charge in [0.25, 0.3) is 0 Å². The molecule has 0 saturated carbocycles. The van der Waals surface area contributed by atoms with Crippen LogP contribution in [0.15, 0.2) is 46.9 Å². The summed E-state index contributed by atoms with van der Waals surface area (Å²) < 4.78 is 5.87. The number of likely N-dealkylation sites (tertiary alicyclic amines) is 1. The fourth-order valence-electron chi connectivity index (χ4n) is 3.24. The minimum atomic E-state index is -0.0148. The first-order valence-corrected chi connectivity index (χ1v) is 8.63. The topological polar surface area (TPSA) is 59.5 Å². The lowest BCUT2D eigenvalue weighted by atomic mass is 9.79. The third kappa shape index (κ3) is 3.70. The third-order valence-corrected chi connectivity index (χ3v) is 4.97. The van der Waals surface area contributed by atoms with Crippen LogP contribution in [0.2, 0.25) is 0 Å². The van der Waals surface area contributed by atoms with E-state index in [2.05, 4.69) is 13.8 Å². The first-order valence-electron chi connectivity index (χ1n) is 8.63. The van der Waals surface area contributed by atoms with E-state index < -0.39 is 0 Å². The molecule has 1 aliphatic heterocycles. The number of rotatable bonds is 4. The van der Waals surface area contributed by atoms with Crippen LogP contribution < -0.4 is 5.73 Å². The van der Waals surface area contributed by atoms with Crippen LogP contribution in [-0.4, -0.2) is 29.9 Å². The number of amides is 1. The Bertz CT molecular complexity index is 691. The van der Waals surface area contributed by atoms with Gasteiger partial charge in [-0.25, -0.2) is 0 Å². The maximum Gasteiger partial charge on any atom is 0.223 e. The number of benzene rings is 1. The van der Waals surface area contributed by atoms with Gasteiger partial charge in [-0.15, -0.1) is 0 Å². The van der Waals surface area contributed by atoms with Crippen LogP contribution in [0.25, 0.3) is 11.3 Å². The van der Waals surface area contributed by atoms with Gasteiger partial charge in [-0.2, -0.15) is 0 Å². The molecule has 4 heteroatoms. The Balaban J connectivity index is 1.56. The number of carbonyl (C=O) groups excluding carboxylic acids is 1. The second-order valence-corrected chi connectivity index (χ2v) is 7.33. The molecule has 24 heavy (non-hydrogen) atoms. The molecule has 1 unspecified atom stereocenters. The van der Waals surface area contributed by atoms with Crippen molar-refractivity contribution < 1.29 is 9.21 Å². The van der Waals surface area contributed by atoms with Crippen molar-refractivity contribution in [3.05, 3.63) is 48.2 Å². The minimum Gasteiger partial charge on any atom is -0.461 e. The van der Waals surface area contributed by atoms with E-state index in [9.17, 15) is 4.79 Å². The quantitative estimate of drug-likeness (QED) is 0.936. The molecule has 2 heterocycles. The Hall–Kier alpha value is -2.07. The van der Waals surface area contributed by atoms with Crippen LogP contribution in [0.1, 0.15) is 32.4 Å². The highest BCUT2D eigenvalue weighted by atomic mass is 16.3. The van der Waals surface area contributed by atoms with Crippen LogP contribution in [0.5, 0.6) is 0 Å². The maximum atomic E-state index is 12.5. The molecule has 1 amide bonds. The predicted octanol–water partition coefficient (Wildman–Crippen LogP) is 3.47. The minimum absolute atomic E-state index is 0.0148. The van der Waals surface area contributed by atoms with E-state index in [0.717, 1.165) is 36.6 Å². The van der Waals surface area contributed by atoms with Crippen LogP contribution in [-0.2, 0) is 11.2 Å². The molecule has 1 aromatic heterocycles. The number of piperidine rings is 1. The zero-order valence-corrected chi connectivity index (χ0v) is 14.5. The molecule has 1 atom stereocenters. The second kappa shape index (κ2) is 6.81. The Morgan fingerprint density at radius 2 is 2.00 bits per heavy atom. The van der Waals surface area contributed by atoms with Gasteiger partial charge in [0.15, 0.2) is 0 Å². The van der Waals surface area contributed by atoms with Gasteiger partial charge in [0.1, 0.15) is 11.5 Å². The fraction of sp³-hybridized carbons (Fsp3) is 0.450. The Labute approximate surface area is 143 Å². The largest absolute Gasteiger partial charge is 0.461 e. The number of nitrogens with two attached hydrogens (primary N) is 1. The lowest BCUT2D eigenvalue weighted by Crippen LogP contribution is -2.54. The number of aryl methyl sites for hydroxylation is 1. The maximum absolute atomic E-state index is 12.5. The molecule has 1 aliphatic rings. The Kier molecular flexibility index (Phi) is 4.76. The molecule has 2 N–H and O–H groups in total. The number of hydrogen-bond donors (Lipinski definition) is 1. The van der Waals surface area contributed by atoms with Crippen LogP contribution in [0.3, 0.4) is 0 Å². The van der Waals surface area contributed by atoms with E-state index >= 15 is 0 Å². The Morgan fingerprint density at radius 3 is 2.71 bits per heavy atom. The highest BCUT2D eigenvalue weighted by Crippen LogP contribution is 2.28. The van der Waals surface area contributed by atoms with Gasteiger partial charge in [0.05, 0.1) is 0 Å². The molecular formula is C20H26N2O2. The van der Waals surface area contributed by atoms with Gasteiger partial charge in [0.2, 0.25) is 5.91 Å². The summed E-state index contributed by atoms with van der Waals surface area (Å²) in [4.78, 5) is 14.4. The molecule has 128 valence electrons. The van der Waals surface area contributed by atoms with Gasteiger partial charge < -0.3 is 15.1 Å². The van der Waals surface area contributed by atoms with Gasteiger partial charge in [-0.1, -0.05) is 44.2 Å². The van der Waals surface area contributed by atoms with Crippen molar-refractivity contribution in [2.24, 2.45) is 11.1 Å². The Morgan fingerprint density at radius 1 is 1.25 bits per heavy atom. The zero-order chi connectivity index (χ0) is 17.2. The standard InChI is InChI=1S/C20H26N2O2/c1-20(2)14-22(13-12-18(20)21)19(23)11-9-16-8-10-17(24-16)15-6-4-3-5-7-15/h3-8,10,18H,9,11-14,21H2,1-2H3. The van der Waals surface area contributed by atoms with Crippen molar-refractivity contribution in [3.8, 4) is 11.3 Å². The SMILES string of the molecule is CC1(C)CN(C(=O)CCc2ccc(-c3ccccc3)o2)CCC1N. The van der Waals surface area contributed by atoms with Gasteiger partial charge in [-0.05, 0) is 24.0 Å². The molecule has 0 bridgehead atoms. The summed E-state index contributed by atoms with van der Waals surface area (Å²) in [6.07, 6.45) is 1.99. The second-order valence-electron chi connectivity index (χ2n) is 7.33. The fourth-order valence-corrected chi connectivity index (χ4v) is 3.24. The monoisotopic (exact) mass is 326 g/mol. The lowest BCUT2D eigenvalue weighted by molar-refractivity contribution is -0.134. The number of hydrogen-bond acceptors (Lipinski definition) is 3. The molecule has 1 saturated heterocycles. The highest BCUT2D eigenvalue weighted by molar-refractivity contribution is 5.76. The van der Waals surface area contributed by atoms with Crippen molar-refractivity contribution in [2.45, 2.75) is 39.2 Å². The van der Waals surface area contributed by atoms with Crippen molar-refractivity contribution >= 4 is 5.91 Å². The summed E-state index contributed by atoms with van der Waals surface area (Å²) in [6.45, 7) is 5.77. The number of nitrogens with zero attached hydrogens (tertiary/aromatic N) is 1. The average molecular weight is 326 g/mol. The van der Waals surface area contributed by atoms with E-state index in [-0.39, 0.29) is 17.4 Å².